The third-order valence-corrected chi connectivity index (χ3v) is 9.13. The molecule has 2 heteroatoms. The Bertz CT molecular complexity index is 336. The molecule has 0 fully saturated rings. The molecule has 0 radical (unpaired) electrons. The lowest BCUT2D eigenvalue weighted by Gasteiger charge is -2.38. The summed E-state index contributed by atoms with van der Waals surface area (Å²) in [5.41, 5.74) is 2.57. The summed E-state index contributed by atoms with van der Waals surface area (Å²) in [6.07, 6.45) is 0. The summed E-state index contributed by atoms with van der Waals surface area (Å²) >= 11 is 0. The molecule has 1 nitrogen and oxygen atoms in total. The number of aryl methyl sites for hydroxylation is 1. The highest BCUT2D eigenvalue weighted by atomic mass is 28.4. The summed E-state index contributed by atoms with van der Waals surface area (Å²) in [7, 11) is 0.0427. The molecule has 1 aromatic rings. The van der Waals surface area contributed by atoms with Crippen molar-refractivity contribution in [2.75, 3.05) is 7.11 Å². The van der Waals surface area contributed by atoms with Crippen LogP contribution in [0.1, 0.15) is 33.3 Å². The third-order valence-electron chi connectivity index (χ3n) is 3.62. The van der Waals surface area contributed by atoms with Crippen LogP contribution in [0.25, 0.3) is 0 Å². The molecule has 0 aromatic heterocycles. The van der Waals surface area contributed by atoms with Gasteiger partial charge in [0.1, 0.15) is 0 Å². The van der Waals surface area contributed by atoms with Gasteiger partial charge in [-0.25, -0.2) is 0 Å². The second kappa shape index (κ2) is 5.15. The van der Waals surface area contributed by atoms with E-state index in [1.807, 2.05) is 7.11 Å². The van der Waals surface area contributed by atoms with Gasteiger partial charge in [0.05, 0.1) is 0 Å². The second-order valence-electron chi connectivity index (χ2n) is 5.12. The van der Waals surface area contributed by atoms with Gasteiger partial charge in [0.15, 0.2) is 0 Å². The average Bonchev–Trinajstić information content (AvgIpc) is 2.21. The van der Waals surface area contributed by atoms with E-state index in [0.29, 0.717) is 11.1 Å². The van der Waals surface area contributed by atoms with E-state index in [1.165, 1.54) is 10.8 Å². The first-order chi connectivity index (χ1) is 7.46. The van der Waals surface area contributed by atoms with Crippen LogP contribution in [0.4, 0.5) is 0 Å². The molecule has 0 bridgehead atoms. The molecular weight excluding hydrogens is 212 g/mol. The maximum Gasteiger partial charge on any atom is 0.228 e. The third kappa shape index (κ3) is 2.09. The Morgan fingerprint density at radius 2 is 1.50 bits per heavy atom. The Labute approximate surface area is 101 Å². The standard InChI is InChI=1S/C14H24OSi/c1-11(2)16(15-6,12(3)4)14-10-8-7-9-13(14)5/h7-12H,1-6H3. The van der Waals surface area contributed by atoms with E-state index >= 15 is 0 Å². The van der Waals surface area contributed by atoms with Crippen molar-refractivity contribution in [2.24, 2.45) is 0 Å². The van der Waals surface area contributed by atoms with E-state index in [1.54, 1.807) is 0 Å². The van der Waals surface area contributed by atoms with Gasteiger partial charge in [-0.15, -0.1) is 0 Å². The van der Waals surface area contributed by atoms with E-state index in [9.17, 15) is 0 Å². The number of hydrogen-bond acceptors (Lipinski definition) is 1. The summed E-state index contributed by atoms with van der Waals surface area (Å²) < 4.78 is 6.07. The Hall–Kier alpha value is -0.603. The Kier molecular flexibility index (Phi) is 4.33. The van der Waals surface area contributed by atoms with Crippen molar-refractivity contribution in [1.29, 1.82) is 0 Å². The number of rotatable bonds is 4. The Morgan fingerprint density at radius 1 is 1.00 bits per heavy atom. The highest BCUT2D eigenvalue weighted by molar-refractivity contribution is 6.89. The highest BCUT2D eigenvalue weighted by Crippen LogP contribution is 2.33. The molecule has 0 spiro atoms. The normalized spacial score (nSPS) is 12.5. The van der Waals surface area contributed by atoms with Crippen LogP contribution < -0.4 is 5.19 Å². The molecule has 0 aliphatic carbocycles. The van der Waals surface area contributed by atoms with Crippen molar-refractivity contribution in [3.8, 4) is 0 Å². The predicted octanol–water partition coefficient (Wildman–Crippen LogP) is 3.61. The molecule has 0 heterocycles. The maximum absolute atomic E-state index is 6.07. The van der Waals surface area contributed by atoms with Gasteiger partial charge in [0, 0.05) is 7.11 Å². The fraction of sp³-hybridized carbons (Fsp3) is 0.571. The minimum Gasteiger partial charge on any atom is -0.415 e. The first-order valence-electron chi connectivity index (χ1n) is 6.08. The molecule has 0 amide bonds. The fourth-order valence-electron chi connectivity index (χ4n) is 2.88. The quantitative estimate of drug-likeness (QED) is 0.726. The van der Waals surface area contributed by atoms with Crippen LogP contribution in [-0.2, 0) is 4.43 Å². The predicted molar refractivity (Wildman–Crippen MR) is 73.8 cm³/mol. The summed E-state index contributed by atoms with van der Waals surface area (Å²) in [5, 5.41) is 1.46. The van der Waals surface area contributed by atoms with Crippen LogP contribution in [0.2, 0.25) is 11.1 Å². The van der Waals surface area contributed by atoms with E-state index < -0.39 is 8.32 Å². The summed E-state index contributed by atoms with van der Waals surface area (Å²) in [5.74, 6) is 0. The first kappa shape index (κ1) is 13.5. The van der Waals surface area contributed by atoms with Crippen molar-refractivity contribution in [3.63, 3.8) is 0 Å². The van der Waals surface area contributed by atoms with Gasteiger partial charge in [0.2, 0.25) is 8.32 Å². The molecule has 1 aromatic carbocycles. The van der Waals surface area contributed by atoms with E-state index in [0.717, 1.165) is 0 Å². The van der Waals surface area contributed by atoms with Crippen LogP contribution in [0.3, 0.4) is 0 Å². The zero-order valence-corrected chi connectivity index (χ0v) is 12.4. The van der Waals surface area contributed by atoms with Crippen LogP contribution in [0, 0.1) is 6.92 Å². The molecule has 0 saturated heterocycles. The highest BCUT2D eigenvalue weighted by Gasteiger charge is 2.43. The van der Waals surface area contributed by atoms with Crippen LogP contribution in [0.15, 0.2) is 24.3 Å². The molecule has 90 valence electrons. The zero-order valence-electron chi connectivity index (χ0n) is 11.4. The smallest absolute Gasteiger partial charge is 0.228 e. The second-order valence-corrected chi connectivity index (χ2v) is 9.96. The minimum absolute atomic E-state index is 0.596. The zero-order chi connectivity index (χ0) is 12.3. The average molecular weight is 236 g/mol. The molecule has 1 rings (SSSR count). The van der Waals surface area contributed by atoms with Crippen molar-refractivity contribution < 1.29 is 4.43 Å². The largest absolute Gasteiger partial charge is 0.415 e. The fourth-order valence-corrected chi connectivity index (χ4v) is 7.68. The van der Waals surface area contributed by atoms with Gasteiger partial charge >= 0.3 is 0 Å². The summed E-state index contributed by atoms with van der Waals surface area (Å²) in [4.78, 5) is 0. The van der Waals surface area contributed by atoms with Crippen molar-refractivity contribution in [3.05, 3.63) is 29.8 Å². The van der Waals surface area contributed by atoms with Crippen molar-refractivity contribution in [2.45, 2.75) is 45.7 Å². The van der Waals surface area contributed by atoms with Gasteiger partial charge in [-0.1, -0.05) is 52.0 Å². The molecule has 0 atom stereocenters. The maximum atomic E-state index is 6.07. The van der Waals surface area contributed by atoms with Crippen molar-refractivity contribution >= 4 is 13.5 Å². The van der Waals surface area contributed by atoms with Crippen LogP contribution in [-0.4, -0.2) is 15.4 Å². The molecular formula is C14H24OSi. The lowest BCUT2D eigenvalue weighted by atomic mass is 10.2. The van der Waals surface area contributed by atoms with Gasteiger partial charge < -0.3 is 4.43 Å². The molecule has 0 aliphatic rings. The first-order valence-corrected chi connectivity index (χ1v) is 8.14. The van der Waals surface area contributed by atoms with Gasteiger partial charge in [-0.3, -0.25) is 0 Å². The lowest BCUT2D eigenvalue weighted by molar-refractivity contribution is 0.384. The van der Waals surface area contributed by atoms with Gasteiger partial charge in [-0.05, 0) is 28.8 Å². The van der Waals surface area contributed by atoms with Crippen molar-refractivity contribution in [1.82, 2.24) is 0 Å². The van der Waals surface area contributed by atoms with E-state index in [4.69, 9.17) is 4.43 Å². The van der Waals surface area contributed by atoms with Gasteiger partial charge in [-0.2, -0.15) is 0 Å². The molecule has 0 saturated carbocycles. The van der Waals surface area contributed by atoms with E-state index in [2.05, 4.69) is 58.9 Å². The minimum atomic E-state index is -1.84. The Balaban J connectivity index is 3.37. The monoisotopic (exact) mass is 236 g/mol. The number of benzene rings is 1. The lowest BCUT2D eigenvalue weighted by Crippen LogP contribution is -2.56. The molecule has 0 aliphatic heterocycles. The molecule has 0 N–H and O–H groups in total. The summed E-state index contributed by atoms with van der Waals surface area (Å²) in [6, 6.07) is 8.69. The van der Waals surface area contributed by atoms with Crippen LogP contribution in [0.5, 0.6) is 0 Å². The summed E-state index contributed by atoms with van der Waals surface area (Å²) in [6.45, 7) is 11.4. The van der Waals surface area contributed by atoms with Crippen LogP contribution >= 0.6 is 0 Å². The SMILES string of the molecule is CO[Si](c1ccccc1C)(C(C)C)C(C)C. The molecule has 0 unspecified atom stereocenters. The topological polar surface area (TPSA) is 9.23 Å². The molecule has 16 heavy (non-hydrogen) atoms. The number of hydrogen-bond donors (Lipinski definition) is 0. The van der Waals surface area contributed by atoms with E-state index in [-0.39, 0.29) is 0 Å². The Morgan fingerprint density at radius 3 is 1.88 bits per heavy atom. The van der Waals surface area contributed by atoms with Gasteiger partial charge in [0.25, 0.3) is 0 Å².